The number of benzene rings is 1. The maximum atomic E-state index is 13.7. The van der Waals surface area contributed by atoms with Crippen molar-refractivity contribution in [3.63, 3.8) is 0 Å². The lowest BCUT2D eigenvalue weighted by Gasteiger charge is -2.41. The predicted octanol–water partition coefficient (Wildman–Crippen LogP) is 3.81. The SMILES string of the molecule is CC1(n2c(CCl)nc3c(F)cccc32)CCC1. The number of hydrogen-bond donors (Lipinski definition) is 0. The molecule has 1 aromatic heterocycles. The van der Waals surface area contributed by atoms with Crippen molar-refractivity contribution < 1.29 is 4.39 Å². The molecule has 1 saturated carbocycles. The van der Waals surface area contributed by atoms with Crippen molar-refractivity contribution in [3.8, 4) is 0 Å². The summed E-state index contributed by atoms with van der Waals surface area (Å²) >= 11 is 5.94. The van der Waals surface area contributed by atoms with Crippen LogP contribution in [0.25, 0.3) is 11.0 Å². The van der Waals surface area contributed by atoms with Crippen LogP contribution in [0.1, 0.15) is 32.0 Å². The van der Waals surface area contributed by atoms with Gasteiger partial charge in [-0.3, -0.25) is 0 Å². The van der Waals surface area contributed by atoms with Crippen molar-refractivity contribution in [3.05, 3.63) is 29.8 Å². The first-order valence-electron chi connectivity index (χ1n) is 5.88. The minimum Gasteiger partial charge on any atom is -0.321 e. The van der Waals surface area contributed by atoms with Crippen LogP contribution in [0.2, 0.25) is 0 Å². The van der Waals surface area contributed by atoms with Crippen molar-refractivity contribution in [2.75, 3.05) is 0 Å². The summed E-state index contributed by atoms with van der Waals surface area (Å²) in [7, 11) is 0. The first-order chi connectivity index (χ1) is 8.15. The minimum absolute atomic E-state index is 0.0623. The zero-order valence-electron chi connectivity index (χ0n) is 9.71. The highest BCUT2D eigenvalue weighted by Gasteiger charge is 2.36. The van der Waals surface area contributed by atoms with Crippen LogP contribution in [0, 0.1) is 5.82 Å². The van der Waals surface area contributed by atoms with E-state index < -0.39 is 0 Å². The number of aromatic nitrogens is 2. The van der Waals surface area contributed by atoms with E-state index in [-0.39, 0.29) is 11.4 Å². The van der Waals surface area contributed by atoms with Gasteiger partial charge < -0.3 is 4.57 Å². The Morgan fingerprint density at radius 3 is 2.82 bits per heavy atom. The van der Waals surface area contributed by atoms with Crippen molar-refractivity contribution in [2.24, 2.45) is 0 Å². The molecule has 0 aliphatic heterocycles. The van der Waals surface area contributed by atoms with Gasteiger partial charge in [0.05, 0.1) is 11.4 Å². The van der Waals surface area contributed by atoms with Crippen LogP contribution in [0.3, 0.4) is 0 Å². The van der Waals surface area contributed by atoms with Crippen LogP contribution in [0.15, 0.2) is 18.2 Å². The molecular formula is C13H14ClFN2. The molecule has 0 atom stereocenters. The Bertz CT molecular complexity index is 572. The van der Waals surface area contributed by atoms with Gasteiger partial charge in [-0.25, -0.2) is 9.37 Å². The Labute approximate surface area is 104 Å². The molecule has 0 N–H and O–H groups in total. The van der Waals surface area contributed by atoms with E-state index in [4.69, 9.17) is 11.6 Å². The molecule has 1 aliphatic carbocycles. The molecule has 1 aliphatic rings. The Morgan fingerprint density at radius 2 is 2.24 bits per heavy atom. The fraction of sp³-hybridized carbons (Fsp3) is 0.462. The fourth-order valence-electron chi connectivity index (χ4n) is 2.72. The molecule has 0 radical (unpaired) electrons. The Balaban J connectivity index is 2.31. The summed E-state index contributed by atoms with van der Waals surface area (Å²) in [5.41, 5.74) is 1.37. The Hall–Kier alpha value is -1.09. The highest BCUT2D eigenvalue weighted by Crippen LogP contribution is 2.42. The molecule has 0 unspecified atom stereocenters. The summed E-state index contributed by atoms with van der Waals surface area (Å²) < 4.78 is 15.8. The molecule has 3 rings (SSSR count). The molecule has 2 aromatic rings. The second-order valence-electron chi connectivity index (χ2n) is 4.96. The van der Waals surface area contributed by atoms with Gasteiger partial charge in [-0.1, -0.05) is 6.07 Å². The van der Waals surface area contributed by atoms with Gasteiger partial charge in [-0.05, 0) is 38.3 Å². The summed E-state index contributed by atoms with van der Waals surface area (Å²) in [6, 6.07) is 5.10. The van der Waals surface area contributed by atoms with Gasteiger partial charge in [0.1, 0.15) is 11.3 Å². The smallest absolute Gasteiger partial charge is 0.151 e. The first-order valence-corrected chi connectivity index (χ1v) is 6.41. The Morgan fingerprint density at radius 1 is 1.47 bits per heavy atom. The third kappa shape index (κ3) is 1.48. The standard InChI is InChI=1S/C13H14ClFN2/c1-13(6-3-7-13)17-10-5-2-4-9(15)12(10)16-11(17)8-14/h2,4-5H,3,6-8H2,1H3. The van der Waals surface area contributed by atoms with Gasteiger partial charge in [0.25, 0.3) is 0 Å². The maximum Gasteiger partial charge on any atom is 0.151 e. The molecule has 0 spiro atoms. The van der Waals surface area contributed by atoms with Crippen molar-refractivity contribution in [1.82, 2.24) is 9.55 Å². The lowest BCUT2D eigenvalue weighted by atomic mass is 9.78. The fourth-order valence-corrected chi connectivity index (χ4v) is 2.90. The number of rotatable bonds is 2. The average Bonchev–Trinajstić information content (AvgIpc) is 2.66. The number of imidazole rings is 1. The molecule has 2 nitrogen and oxygen atoms in total. The van der Waals surface area contributed by atoms with Crippen molar-refractivity contribution >= 4 is 22.6 Å². The summed E-state index contributed by atoms with van der Waals surface area (Å²) in [6.45, 7) is 2.19. The van der Waals surface area contributed by atoms with Crippen molar-refractivity contribution in [2.45, 2.75) is 37.6 Å². The van der Waals surface area contributed by atoms with Gasteiger partial charge in [0.2, 0.25) is 0 Å². The van der Waals surface area contributed by atoms with Crippen LogP contribution >= 0.6 is 11.6 Å². The van der Waals surface area contributed by atoms with E-state index in [9.17, 15) is 4.39 Å². The zero-order chi connectivity index (χ0) is 12.0. The van der Waals surface area contributed by atoms with Gasteiger partial charge in [0.15, 0.2) is 5.82 Å². The van der Waals surface area contributed by atoms with Gasteiger partial charge in [-0.2, -0.15) is 0 Å². The summed E-state index contributed by atoms with van der Waals surface area (Å²) in [5.74, 6) is 0.827. The van der Waals surface area contributed by atoms with Gasteiger partial charge in [-0.15, -0.1) is 11.6 Å². The van der Waals surface area contributed by atoms with Crippen LogP contribution in [0.5, 0.6) is 0 Å². The lowest BCUT2D eigenvalue weighted by molar-refractivity contribution is 0.171. The molecule has 0 bridgehead atoms. The van der Waals surface area contributed by atoms with E-state index in [0.717, 1.165) is 24.2 Å². The Kier molecular flexibility index (Phi) is 2.40. The van der Waals surface area contributed by atoms with Gasteiger partial charge in [0, 0.05) is 5.54 Å². The molecular weight excluding hydrogens is 239 g/mol. The lowest BCUT2D eigenvalue weighted by Crippen LogP contribution is -2.38. The molecule has 1 heterocycles. The van der Waals surface area contributed by atoms with E-state index in [0.29, 0.717) is 11.4 Å². The molecule has 0 saturated heterocycles. The number of alkyl halides is 1. The van der Waals surface area contributed by atoms with Crippen LogP contribution in [-0.2, 0) is 11.4 Å². The largest absolute Gasteiger partial charge is 0.321 e. The quantitative estimate of drug-likeness (QED) is 0.743. The molecule has 0 amide bonds. The zero-order valence-corrected chi connectivity index (χ0v) is 10.5. The number of hydrogen-bond acceptors (Lipinski definition) is 1. The van der Waals surface area contributed by atoms with Crippen LogP contribution in [-0.4, -0.2) is 9.55 Å². The van der Waals surface area contributed by atoms with E-state index in [2.05, 4.69) is 16.5 Å². The average molecular weight is 253 g/mol. The van der Waals surface area contributed by atoms with Crippen LogP contribution in [0.4, 0.5) is 4.39 Å². The highest BCUT2D eigenvalue weighted by molar-refractivity contribution is 6.16. The molecule has 1 aromatic carbocycles. The van der Waals surface area contributed by atoms with E-state index >= 15 is 0 Å². The summed E-state index contributed by atoms with van der Waals surface area (Å²) in [6.07, 6.45) is 3.44. The topological polar surface area (TPSA) is 17.8 Å². The second-order valence-corrected chi connectivity index (χ2v) is 5.22. The first kappa shape index (κ1) is 11.0. The third-order valence-corrected chi connectivity index (χ3v) is 4.03. The molecule has 90 valence electrons. The normalized spacial score (nSPS) is 18.3. The van der Waals surface area contributed by atoms with Gasteiger partial charge >= 0.3 is 0 Å². The number of para-hydroxylation sites is 1. The minimum atomic E-state index is -0.268. The van der Waals surface area contributed by atoms with E-state index in [1.165, 1.54) is 12.5 Å². The van der Waals surface area contributed by atoms with E-state index in [1.54, 1.807) is 6.07 Å². The van der Waals surface area contributed by atoms with Crippen molar-refractivity contribution in [1.29, 1.82) is 0 Å². The number of halogens is 2. The summed E-state index contributed by atoms with van der Waals surface area (Å²) in [4.78, 5) is 4.33. The molecule has 1 fully saturated rings. The monoisotopic (exact) mass is 252 g/mol. The predicted molar refractivity (Wildman–Crippen MR) is 66.7 cm³/mol. The molecule has 4 heteroatoms. The summed E-state index contributed by atoms with van der Waals surface area (Å²) in [5, 5.41) is 0. The number of nitrogens with zero attached hydrogens (tertiary/aromatic N) is 2. The van der Waals surface area contributed by atoms with Crippen LogP contribution < -0.4 is 0 Å². The maximum absolute atomic E-state index is 13.7. The molecule has 17 heavy (non-hydrogen) atoms. The van der Waals surface area contributed by atoms with E-state index in [1.807, 2.05) is 6.07 Å². The highest BCUT2D eigenvalue weighted by atomic mass is 35.5. The number of fused-ring (bicyclic) bond motifs is 1. The third-order valence-electron chi connectivity index (χ3n) is 3.80. The second kappa shape index (κ2) is 3.70.